The molecule has 0 aromatic heterocycles. The fraction of sp³-hybridized carbons (Fsp3) is 0.938. The highest BCUT2D eigenvalue weighted by Crippen LogP contribution is 2.39. The van der Waals surface area contributed by atoms with Crippen LogP contribution < -0.4 is 5.32 Å². The van der Waals surface area contributed by atoms with Crippen molar-refractivity contribution in [1.82, 2.24) is 10.2 Å². The first-order chi connectivity index (χ1) is 8.96. The highest BCUT2D eigenvalue weighted by atomic mass is 15.1. The standard InChI is InChI=1S/C16H29N3/c1-12(2)18-16(11-17)7-5-6-15(9-16)19(4)10-14-8-13(14)3/h12-15,18H,5-10H2,1-4H3. The van der Waals surface area contributed by atoms with E-state index in [1.807, 2.05) is 0 Å². The van der Waals surface area contributed by atoms with Crippen LogP contribution in [0.5, 0.6) is 0 Å². The molecule has 0 bridgehead atoms. The van der Waals surface area contributed by atoms with E-state index in [4.69, 9.17) is 0 Å². The molecule has 0 saturated heterocycles. The fourth-order valence-electron chi connectivity index (χ4n) is 3.61. The zero-order valence-electron chi connectivity index (χ0n) is 12.9. The highest BCUT2D eigenvalue weighted by molar-refractivity contribution is 5.11. The Morgan fingerprint density at radius 2 is 2.16 bits per heavy atom. The third-order valence-electron chi connectivity index (χ3n) is 4.93. The van der Waals surface area contributed by atoms with E-state index in [-0.39, 0.29) is 5.54 Å². The molecule has 0 amide bonds. The van der Waals surface area contributed by atoms with Crippen LogP contribution in [-0.4, -0.2) is 36.1 Å². The van der Waals surface area contributed by atoms with Gasteiger partial charge in [-0.3, -0.25) is 5.32 Å². The van der Waals surface area contributed by atoms with Crippen LogP contribution in [0.15, 0.2) is 0 Å². The lowest BCUT2D eigenvalue weighted by molar-refractivity contribution is 0.134. The van der Waals surface area contributed by atoms with Crippen LogP contribution in [-0.2, 0) is 0 Å². The van der Waals surface area contributed by atoms with E-state index in [0.717, 1.165) is 24.7 Å². The largest absolute Gasteiger partial charge is 0.303 e. The van der Waals surface area contributed by atoms with Gasteiger partial charge in [-0.2, -0.15) is 5.26 Å². The summed E-state index contributed by atoms with van der Waals surface area (Å²) in [6.45, 7) is 7.84. The number of nitrogens with zero attached hydrogens (tertiary/aromatic N) is 2. The average molecular weight is 263 g/mol. The molecule has 4 unspecified atom stereocenters. The second kappa shape index (κ2) is 5.81. The molecule has 0 radical (unpaired) electrons. The van der Waals surface area contributed by atoms with Gasteiger partial charge in [0.1, 0.15) is 5.54 Å². The van der Waals surface area contributed by atoms with Gasteiger partial charge in [0, 0.05) is 18.6 Å². The van der Waals surface area contributed by atoms with Gasteiger partial charge in [-0.05, 0) is 64.8 Å². The van der Waals surface area contributed by atoms with Crippen LogP contribution in [0, 0.1) is 23.2 Å². The molecule has 2 saturated carbocycles. The van der Waals surface area contributed by atoms with Crippen molar-refractivity contribution in [3.05, 3.63) is 0 Å². The number of nitriles is 1. The van der Waals surface area contributed by atoms with Gasteiger partial charge in [0.2, 0.25) is 0 Å². The van der Waals surface area contributed by atoms with E-state index >= 15 is 0 Å². The third-order valence-corrected chi connectivity index (χ3v) is 4.93. The summed E-state index contributed by atoms with van der Waals surface area (Å²) < 4.78 is 0. The van der Waals surface area contributed by atoms with Gasteiger partial charge in [-0.1, -0.05) is 6.92 Å². The minimum absolute atomic E-state index is 0.291. The van der Waals surface area contributed by atoms with Gasteiger partial charge in [-0.15, -0.1) is 0 Å². The molecule has 0 aromatic rings. The Morgan fingerprint density at radius 1 is 1.47 bits per heavy atom. The van der Waals surface area contributed by atoms with Gasteiger partial charge in [0.15, 0.2) is 0 Å². The van der Waals surface area contributed by atoms with Crippen molar-refractivity contribution < 1.29 is 0 Å². The molecule has 19 heavy (non-hydrogen) atoms. The molecule has 0 heterocycles. The summed E-state index contributed by atoms with van der Waals surface area (Å²) >= 11 is 0. The van der Waals surface area contributed by atoms with E-state index in [9.17, 15) is 5.26 Å². The zero-order valence-corrected chi connectivity index (χ0v) is 12.9. The number of nitrogens with one attached hydrogen (secondary N) is 1. The molecule has 4 atom stereocenters. The van der Waals surface area contributed by atoms with E-state index in [1.165, 1.54) is 25.8 Å². The quantitative estimate of drug-likeness (QED) is 0.829. The topological polar surface area (TPSA) is 39.1 Å². The Balaban J connectivity index is 1.93. The first-order valence-electron chi connectivity index (χ1n) is 7.85. The summed E-state index contributed by atoms with van der Waals surface area (Å²) in [5.74, 6) is 1.82. The number of hydrogen-bond donors (Lipinski definition) is 1. The molecule has 3 nitrogen and oxygen atoms in total. The smallest absolute Gasteiger partial charge is 0.108 e. The van der Waals surface area contributed by atoms with Crippen molar-refractivity contribution in [3.8, 4) is 6.07 Å². The molecular formula is C16H29N3. The molecule has 108 valence electrons. The summed E-state index contributed by atoms with van der Waals surface area (Å²) in [4.78, 5) is 2.52. The lowest BCUT2D eigenvalue weighted by atomic mass is 9.79. The monoisotopic (exact) mass is 263 g/mol. The van der Waals surface area contributed by atoms with Gasteiger partial charge < -0.3 is 4.90 Å². The summed E-state index contributed by atoms with van der Waals surface area (Å²) in [6, 6.07) is 3.53. The zero-order chi connectivity index (χ0) is 14.0. The summed E-state index contributed by atoms with van der Waals surface area (Å²) in [5.41, 5.74) is -0.291. The first kappa shape index (κ1) is 14.8. The predicted octanol–water partition coefficient (Wildman–Crippen LogP) is 2.78. The van der Waals surface area contributed by atoms with Gasteiger partial charge >= 0.3 is 0 Å². The molecule has 0 spiro atoms. The number of hydrogen-bond acceptors (Lipinski definition) is 3. The van der Waals surface area contributed by atoms with Crippen molar-refractivity contribution in [1.29, 1.82) is 5.26 Å². The van der Waals surface area contributed by atoms with E-state index in [0.29, 0.717) is 12.1 Å². The Bertz CT molecular complexity index is 346. The van der Waals surface area contributed by atoms with Crippen molar-refractivity contribution in [2.24, 2.45) is 11.8 Å². The molecule has 0 aromatic carbocycles. The van der Waals surface area contributed by atoms with Crippen LogP contribution in [0.3, 0.4) is 0 Å². The SMILES string of the molecule is CC(C)NC1(C#N)CCCC(N(C)CC2CC2C)C1. The maximum atomic E-state index is 9.60. The molecular weight excluding hydrogens is 234 g/mol. The molecule has 0 aliphatic heterocycles. The van der Waals surface area contributed by atoms with Crippen molar-refractivity contribution in [2.45, 2.75) is 70.5 Å². The Morgan fingerprint density at radius 3 is 2.68 bits per heavy atom. The highest BCUT2D eigenvalue weighted by Gasteiger charge is 2.40. The van der Waals surface area contributed by atoms with Crippen LogP contribution >= 0.6 is 0 Å². The summed E-state index contributed by atoms with van der Waals surface area (Å²) in [6.07, 6.45) is 5.80. The van der Waals surface area contributed by atoms with Crippen LogP contribution in [0.2, 0.25) is 0 Å². The molecule has 2 fully saturated rings. The maximum absolute atomic E-state index is 9.60. The second-order valence-corrected chi connectivity index (χ2v) is 7.16. The van der Waals surface area contributed by atoms with E-state index in [2.05, 4.69) is 44.1 Å². The van der Waals surface area contributed by atoms with Gasteiger partial charge in [-0.25, -0.2) is 0 Å². The first-order valence-corrected chi connectivity index (χ1v) is 7.85. The molecule has 2 aliphatic rings. The lowest BCUT2D eigenvalue weighted by Crippen LogP contribution is -2.54. The van der Waals surface area contributed by atoms with Crippen molar-refractivity contribution >= 4 is 0 Å². The summed E-state index contributed by atoms with van der Waals surface area (Å²) in [7, 11) is 2.25. The van der Waals surface area contributed by atoms with Crippen molar-refractivity contribution in [3.63, 3.8) is 0 Å². The minimum atomic E-state index is -0.291. The Kier molecular flexibility index (Phi) is 4.53. The maximum Gasteiger partial charge on any atom is 0.108 e. The Hall–Kier alpha value is -0.590. The third kappa shape index (κ3) is 3.70. The van der Waals surface area contributed by atoms with E-state index < -0.39 is 0 Å². The summed E-state index contributed by atoms with van der Waals surface area (Å²) in [5, 5.41) is 13.1. The molecule has 2 aliphatic carbocycles. The van der Waals surface area contributed by atoms with Crippen molar-refractivity contribution in [2.75, 3.05) is 13.6 Å². The van der Waals surface area contributed by atoms with Crippen LogP contribution in [0.25, 0.3) is 0 Å². The van der Waals surface area contributed by atoms with Crippen LogP contribution in [0.1, 0.15) is 52.9 Å². The Labute approximate surface area is 118 Å². The molecule has 1 N–H and O–H groups in total. The van der Waals surface area contributed by atoms with Gasteiger partial charge in [0.25, 0.3) is 0 Å². The lowest BCUT2D eigenvalue weighted by Gasteiger charge is -2.41. The van der Waals surface area contributed by atoms with Gasteiger partial charge in [0.05, 0.1) is 6.07 Å². The minimum Gasteiger partial charge on any atom is -0.303 e. The normalized spacial score (nSPS) is 38.5. The van der Waals surface area contributed by atoms with E-state index in [1.54, 1.807) is 0 Å². The fourth-order valence-corrected chi connectivity index (χ4v) is 3.61. The second-order valence-electron chi connectivity index (χ2n) is 7.16. The molecule has 2 rings (SSSR count). The number of rotatable bonds is 5. The molecule has 3 heteroatoms. The van der Waals surface area contributed by atoms with Crippen LogP contribution in [0.4, 0.5) is 0 Å². The predicted molar refractivity (Wildman–Crippen MR) is 78.8 cm³/mol. The average Bonchev–Trinajstić information content (AvgIpc) is 3.04.